The van der Waals surface area contributed by atoms with Crippen LogP contribution in [0, 0.1) is 0 Å². The largest absolute Gasteiger partial charge is 0.469 e. The minimum absolute atomic E-state index is 0.0681. The molecule has 17 heavy (non-hydrogen) atoms. The van der Waals surface area contributed by atoms with Crippen LogP contribution in [0.4, 0.5) is 8.78 Å². The molecule has 0 fully saturated rings. The van der Waals surface area contributed by atoms with Crippen molar-refractivity contribution in [2.45, 2.75) is 13.0 Å². The molecule has 0 radical (unpaired) electrons. The molecule has 0 saturated heterocycles. The molecule has 0 spiro atoms. The van der Waals surface area contributed by atoms with Gasteiger partial charge in [-0.1, -0.05) is 23.2 Å². The number of methoxy groups -OCH3 is 1. The van der Waals surface area contributed by atoms with Crippen molar-refractivity contribution in [1.29, 1.82) is 0 Å². The van der Waals surface area contributed by atoms with Crippen LogP contribution in [0.3, 0.4) is 0 Å². The fraction of sp³-hybridized carbons (Fsp3) is 0.300. The summed E-state index contributed by atoms with van der Waals surface area (Å²) in [6, 6.07) is 2.50. The second-order valence-electron chi connectivity index (χ2n) is 3.00. The van der Waals surface area contributed by atoms with Crippen molar-refractivity contribution < 1.29 is 23.0 Å². The van der Waals surface area contributed by atoms with Crippen molar-refractivity contribution in [3.63, 3.8) is 0 Å². The molecule has 0 unspecified atom stereocenters. The fourth-order valence-corrected chi connectivity index (χ4v) is 1.71. The van der Waals surface area contributed by atoms with E-state index in [9.17, 15) is 13.6 Å². The minimum atomic E-state index is -3.03. The van der Waals surface area contributed by atoms with Gasteiger partial charge in [-0.3, -0.25) is 4.79 Å². The van der Waals surface area contributed by atoms with Crippen LogP contribution < -0.4 is 4.74 Å². The van der Waals surface area contributed by atoms with Gasteiger partial charge in [-0.05, 0) is 12.1 Å². The first-order chi connectivity index (χ1) is 7.93. The van der Waals surface area contributed by atoms with Gasteiger partial charge < -0.3 is 9.47 Å². The van der Waals surface area contributed by atoms with E-state index in [-0.39, 0.29) is 27.8 Å². The molecule has 7 heteroatoms. The van der Waals surface area contributed by atoms with Crippen LogP contribution in [-0.4, -0.2) is 19.7 Å². The van der Waals surface area contributed by atoms with Gasteiger partial charge in [-0.25, -0.2) is 0 Å². The first-order valence-corrected chi connectivity index (χ1v) is 5.19. The Kier molecular flexibility index (Phi) is 4.96. The minimum Gasteiger partial charge on any atom is -0.469 e. The van der Waals surface area contributed by atoms with Gasteiger partial charge in [0.2, 0.25) is 0 Å². The molecule has 0 heterocycles. The molecular weight excluding hydrogens is 277 g/mol. The number of hydrogen-bond donors (Lipinski definition) is 0. The normalized spacial score (nSPS) is 10.5. The number of benzene rings is 1. The van der Waals surface area contributed by atoms with Crippen LogP contribution in [0.5, 0.6) is 5.75 Å². The third-order valence-corrected chi connectivity index (χ3v) is 2.44. The zero-order chi connectivity index (χ0) is 13.0. The van der Waals surface area contributed by atoms with Gasteiger partial charge in [-0.15, -0.1) is 0 Å². The summed E-state index contributed by atoms with van der Waals surface area (Å²) in [5, 5.41) is 0.206. The summed E-state index contributed by atoms with van der Waals surface area (Å²) >= 11 is 11.5. The van der Waals surface area contributed by atoms with Crippen LogP contribution in [0.15, 0.2) is 12.1 Å². The zero-order valence-electron chi connectivity index (χ0n) is 8.68. The summed E-state index contributed by atoms with van der Waals surface area (Å²) in [5.41, 5.74) is 0.114. The summed E-state index contributed by atoms with van der Waals surface area (Å²) in [5.74, 6) is -0.851. The average molecular weight is 285 g/mol. The smallest absolute Gasteiger partial charge is 0.387 e. The number of carbonyl (C=O) groups excluding carboxylic acids is 1. The third-order valence-electron chi connectivity index (χ3n) is 1.88. The highest BCUT2D eigenvalue weighted by atomic mass is 35.5. The van der Waals surface area contributed by atoms with Crippen molar-refractivity contribution in [3.05, 3.63) is 27.7 Å². The van der Waals surface area contributed by atoms with Gasteiger partial charge in [0.15, 0.2) is 0 Å². The number of esters is 1. The Morgan fingerprint density at radius 1 is 1.41 bits per heavy atom. The standard InChI is InChI=1S/C10H8Cl2F2O3/c1-16-9(15)4-6-7(12)2-5(11)3-8(6)17-10(13)14/h2-3,10H,4H2,1H3. The van der Waals surface area contributed by atoms with Crippen molar-refractivity contribution in [2.75, 3.05) is 7.11 Å². The monoisotopic (exact) mass is 284 g/mol. The number of halogens is 4. The third kappa shape index (κ3) is 4.02. The highest BCUT2D eigenvalue weighted by molar-refractivity contribution is 6.35. The van der Waals surface area contributed by atoms with Gasteiger partial charge in [0.1, 0.15) is 5.75 Å². The number of rotatable bonds is 4. The first kappa shape index (κ1) is 14.0. The zero-order valence-corrected chi connectivity index (χ0v) is 10.2. The predicted octanol–water partition coefficient (Wildman–Crippen LogP) is 3.31. The Bertz CT molecular complexity index is 424. The Morgan fingerprint density at radius 2 is 2.06 bits per heavy atom. The Labute approximate surface area is 106 Å². The second-order valence-corrected chi connectivity index (χ2v) is 3.84. The van der Waals surface area contributed by atoms with E-state index in [2.05, 4.69) is 9.47 Å². The molecule has 0 aliphatic carbocycles. The van der Waals surface area contributed by atoms with Crippen LogP contribution >= 0.6 is 23.2 Å². The van der Waals surface area contributed by atoms with E-state index in [0.717, 1.165) is 6.07 Å². The van der Waals surface area contributed by atoms with Crippen LogP contribution in [-0.2, 0) is 16.0 Å². The molecule has 0 N–H and O–H groups in total. The molecule has 1 aromatic rings. The second kappa shape index (κ2) is 6.02. The van der Waals surface area contributed by atoms with Crippen molar-refractivity contribution >= 4 is 29.2 Å². The maximum Gasteiger partial charge on any atom is 0.387 e. The van der Waals surface area contributed by atoms with Crippen LogP contribution in [0.2, 0.25) is 10.0 Å². The molecule has 0 atom stereocenters. The SMILES string of the molecule is COC(=O)Cc1c(Cl)cc(Cl)cc1OC(F)F. The summed E-state index contributed by atoms with van der Waals surface area (Å²) < 4.78 is 33.0. The summed E-state index contributed by atoms with van der Waals surface area (Å²) in [6.45, 7) is -3.03. The average Bonchev–Trinajstić information content (AvgIpc) is 2.21. The molecule has 0 aromatic heterocycles. The maximum atomic E-state index is 12.2. The van der Waals surface area contributed by atoms with Gasteiger partial charge in [0.05, 0.1) is 13.5 Å². The number of alkyl halides is 2. The lowest BCUT2D eigenvalue weighted by molar-refractivity contribution is -0.139. The predicted molar refractivity (Wildman–Crippen MR) is 58.8 cm³/mol. The van der Waals surface area contributed by atoms with E-state index in [0.29, 0.717) is 0 Å². The summed E-state index contributed by atoms with van der Waals surface area (Å²) in [4.78, 5) is 11.1. The molecule has 1 rings (SSSR count). The molecule has 3 nitrogen and oxygen atoms in total. The maximum absolute atomic E-state index is 12.2. The van der Waals surface area contributed by atoms with Crippen LogP contribution in [0.25, 0.3) is 0 Å². The van der Waals surface area contributed by atoms with E-state index in [4.69, 9.17) is 23.2 Å². The Balaban J connectivity index is 3.10. The first-order valence-electron chi connectivity index (χ1n) is 4.43. The summed E-state index contributed by atoms with van der Waals surface area (Å²) in [6.07, 6.45) is -0.269. The molecule has 1 aromatic carbocycles. The van der Waals surface area contributed by atoms with Crippen molar-refractivity contribution in [3.8, 4) is 5.75 Å². The van der Waals surface area contributed by atoms with E-state index >= 15 is 0 Å². The van der Waals surface area contributed by atoms with E-state index in [1.807, 2.05) is 0 Å². The molecule has 0 aliphatic rings. The number of hydrogen-bond acceptors (Lipinski definition) is 3. The van der Waals surface area contributed by atoms with Crippen LogP contribution in [0.1, 0.15) is 5.56 Å². The van der Waals surface area contributed by atoms with Crippen molar-refractivity contribution in [1.82, 2.24) is 0 Å². The number of ether oxygens (including phenoxy) is 2. The Morgan fingerprint density at radius 3 is 2.59 bits per heavy atom. The van der Waals surface area contributed by atoms with Gasteiger partial charge in [-0.2, -0.15) is 8.78 Å². The van der Waals surface area contributed by atoms with Gasteiger partial charge in [0, 0.05) is 15.6 Å². The quantitative estimate of drug-likeness (QED) is 0.796. The molecule has 0 amide bonds. The van der Waals surface area contributed by atoms with Crippen molar-refractivity contribution in [2.24, 2.45) is 0 Å². The topological polar surface area (TPSA) is 35.5 Å². The van der Waals surface area contributed by atoms with Gasteiger partial charge in [0.25, 0.3) is 0 Å². The molecule has 94 valence electrons. The summed E-state index contributed by atoms with van der Waals surface area (Å²) in [7, 11) is 1.18. The lowest BCUT2D eigenvalue weighted by Gasteiger charge is -2.12. The Hall–Kier alpha value is -1.07. The van der Waals surface area contributed by atoms with E-state index in [1.165, 1.54) is 13.2 Å². The molecule has 0 aliphatic heterocycles. The number of carbonyl (C=O) groups is 1. The highest BCUT2D eigenvalue weighted by Gasteiger charge is 2.17. The van der Waals surface area contributed by atoms with E-state index < -0.39 is 12.6 Å². The lowest BCUT2D eigenvalue weighted by Crippen LogP contribution is -2.09. The fourth-order valence-electron chi connectivity index (χ4n) is 1.17. The lowest BCUT2D eigenvalue weighted by atomic mass is 10.1. The molecule has 0 bridgehead atoms. The molecule has 0 saturated carbocycles. The highest BCUT2D eigenvalue weighted by Crippen LogP contribution is 2.32. The van der Waals surface area contributed by atoms with E-state index in [1.54, 1.807) is 0 Å². The van der Waals surface area contributed by atoms with Gasteiger partial charge >= 0.3 is 12.6 Å². The molecular formula is C10H8Cl2F2O3.